The van der Waals surface area contributed by atoms with Crippen LogP contribution in [-0.2, 0) is 4.79 Å². The monoisotopic (exact) mass is 309 g/mol. The minimum absolute atomic E-state index is 0.118. The molecule has 0 bridgehead atoms. The van der Waals surface area contributed by atoms with Crippen molar-refractivity contribution in [1.29, 1.82) is 0 Å². The fourth-order valence-electron chi connectivity index (χ4n) is 1.61. The van der Waals surface area contributed by atoms with Gasteiger partial charge in [0, 0.05) is 5.69 Å². The fourth-order valence-corrected chi connectivity index (χ4v) is 1.83. The molecule has 0 heterocycles. The number of amides is 1. The van der Waals surface area contributed by atoms with Crippen molar-refractivity contribution >= 4 is 23.2 Å². The lowest BCUT2D eigenvalue weighted by Gasteiger charge is -2.09. The SMILES string of the molecule is COc1ccc(NC(=O)COc2ccc(F)cc2Cl)cc1. The van der Waals surface area contributed by atoms with Crippen molar-refractivity contribution in [3.05, 3.63) is 53.3 Å². The molecule has 0 fully saturated rings. The summed E-state index contributed by atoms with van der Waals surface area (Å²) in [7, 11) is 1.56. The van der Waals surface area contributed by atoms with Gasteiger partial charge in [0.15, 0.2) is 6.61 Å². The van der Waals surface area contributed by atoms with Gasteiger partial charge in [0.2, 0.25) is 0 Å². The van der Waals surface area contributed by atoms with Gasteiger partial charge in [-0.3, -0.25) is 4.79 Å². The predicted octanol–water partition coefficient (Wildman–Crippen LogP) is 3.51. The Labute approximate surface area is 126 Å². The van der Waals surface area contributed by atoms with E-state index in [1.165, 1.54) is 12.1 Å². The van der Waals surface area contributed by atoms with Gasteiger partial charge in [0.05, 0.1) is 12.1 Å². The summed E-state index contributed by atoms with van der Waals surface area (Å²) in [4.78, 5) is 11.7. The molecule has 0 unspecified atom stereocenters. The third kappa shape index (κ3) is 4.36. The molecule has 4 nitrogen and oxygen atoms in total. The molecule has 0 spiro atoms. The minimum Gasteiger partial charge on any atom is -0.497 e. The first kappa shape index (κ1) is 15.1. The first-order chi connectivity index (χ1) is 10.1. The minimum atomic E-state index is -0.463. The van der Waals surface area contributed by atoms with E-state index in [1.807, 2.05) is 0 Å². The number of ether oxygens (including phenoxy) is 2. The molecule has 0 atom stereocenters. The van der Waals surface area contributed by atoms with Crippen molar-refractivity contribution in [3.8, 4) is 11.5 Å². The Morgan fingerprint density at radius 1 is 1.24 bits per heavy atom. The van der Waals surface area contributed by atoms with Gasteiger partial charge in [0.25, 0.3) is 5.91 Å². The molecule has 0 saturated carbocycles. The number of nitrogens with one attached hydrogen (secondary N) is 1. The second-order valence-electron chi connectivity index (χ2n) is 4.14. The number of benzene rings is 2. The molecule has 21 heavy (non-hydrogen) atoms. The molecular formula is C15H13ClFNO3. The quantitative estimate of drug-likeness (QED) is 0.919. The maximum absolute atomic E-state index is 12.9. The summed E-state index contributed by atoms with van der Waals surface area (Å²) < 4.78 is 23.1. The van der Waals surface area contributed by atoms with Gasteiger partial charge in [-0.2, -0.15) is 0 Å². The van der Waals surface area contributed by atoms with Crippen molar-refractivity contribution in [2.75, 3.05) is 19.0 Å². The van der Waals surface area contributed by atoms with Gasteiger partial charge in [-0.15, -0.1) is 0 Å². The van der Waals surface area contributed by atoms with Crippen LogP contribution in [0.15, 0.2) is 42.5 Å². The summed E-state index contributed by atoms with van der Waals surface area (Å²) in [6, 6.07) is 10.6. The highest BCUT2D eigenvalue weighted by Gasteiger charge is 2.07. The van der Waals surface area contributed by atoms with Crippen LogP contribution >= 0.6 is 11.6 Å². The molecule has 2 aromatic rings. The van der Waals surface area contributed by atoms with Crippen LogP contribution in [0.25, 0.3) is 0 Å². The molecule has 0 saturated heterocycles. The maximum atomic E-state index is 12.9. The normalized spacial score (nSPS) is 10.0. The number of carbonyl (C=O) groups excluding carboxylic acids is 1. The highest BCUT2D eigenvalue weighted by atomic mass is 35.5. The van der Waals surface area contributed by atoms with E-state index < -0.39 is 5.82 Å². The molecular weight excluding hydrogens is 297 g/mol. The third-order valence-corrected chi connectivity index (χ3v) is 2.92. The number of carbonyl (C=O) groups is 1. The van der Waals surface area contributed by atoms with E-state index in [4.69, 9.17) is 21.1 Å². The summed E-state index contributed by atoms with van der Waals surface area (Å²) in [5.74, 6) is 0.140. The Hall–Kier alpha value is -2.27. The predicted molar refractivity (Wildman–Crippen MR) is 78.5 cm³/mol. The van der Waals surface area contributed by atoms with E-state index in [0.29, 0.717) is 11.4 Å². The van der Waals surface area contributed by atoms with Gasteiger partial charge in [-0.1, -0.05) is 11.6 Å². The van der Waals surface area contributed by atoms with Crippen LogP contribution in [0.4, 0.5) is 10.1 Å². The topological polar surface area (TPSA) is 47.6 Å². The van der Waals surface area contributed by atoms with Crippen LogP contribution in [0.3, 0.4) is 0 Å². The Balaban J connectivity index is 1.89. The standard InChI is InChI=1S/C15H13ClFNO3/c1-20-12-5-3-11(4-6-12)18-15(19)9-21-14-7-2-10(17)8-13(14)16/h2-8H,9H2,1H3,(H,18,19). The molecule has 0 radical (unpaired) electrons. The van der Waals surface area contributed by atoms with E-state index in [1.54, 1.807) is 31.4 Å². The van der Waals surface area contributed by atoms with Crippen molar-refractivity contribution in [1.82, 2.24) is 0 Å². The van der Waals surface area contributed by atoms with Crippen LogP contribution in [0.1, 0.15) is 0 Å². The molecule has 2 rings (SSSR count). The number of anilines is 1. The van der Waals surface area contributed by atoms with Crippen LogP contribution in [0.5, 0.6) is 11.5 Å². The maximum Gasteiger partial charge on any atom is 0.262 e. The number of hydrogen-bond donors (Lipinski definition) is 1. The number of hydrogen-bond acceptors (Lipinski definition) is 3. The van der Waals surface area contributed by atoms with Gasteiger partial charge < -0.3 is 14.8 Å². The lowest BCUT2D eigenvalue weighted by molar-refractivity contribution is -0.118. The highest BCUT2D eigenvalue weighted by Crippen LogP contribution is 2.24. The molecule has 1 N–H and O–H groups in total. The molecule has 2 aromatic carbocycles. The zero-order valence-corrected chi connectivity index (χ0v) is 12.0. The van der Waals surface area contributed by atoms with Gasteiger partial charge >= 0.3 is 0 Å². The zero-order chi connectivity index (χ0) is 15.2. The molecule has 110 valence electrons. The smallest absolute Gasteiger partial charge is 0.262 e. The van der Waals surface area contributed by atoms with Crippen molar-refractivity contribution in [2.45, 2.75) is 0 Å². The molecule has 0 aliphatic rings. The highest BCUT2D eigenvalue weighted by molar-refractivity contribution is 6.32. The van der Waals surface area contributed by atoms with Crippen molar-refractivity contribution in [2.24, 2.45) is 0 Å². The van der Waals surface area contributed by atoms with Crippen LogP contribution in [-0.4, -0.2) is 19.6 Å². The Kier molecular flexibility index (Phi) is 5.00. The Morgan fingerprint density at radius 2 is 1.95 bits per heavy atom. The van der Waals surface area contributed by atoms with Gasteiger partial charge in [-0.05, 0) is 42.5 Å². The number of rotatable bonds is 5. The average molecular weight is 310 g/mol. The molecule has 0 aliphatic carbocycles. The zero-order valence-electron chi connectivity index (χ0n) is 11.2. The second-order valence-corrected chi connectivity index (χ2v) is 4.55. The van der Waals surface area contributed by atoms with Crippen LogP contribution < -0.4 is 14.8 Å². The largest absolute Gasteiger partial charge is 0.497 e. The summed E-state index contributed by atoms with van der Waals surface area (Å²) in [6.45, 7) is -0.225. The lowest BCUT2D eigenvalue weighted by Crippen LogP contribution is -2.20. The lowest BCUT2D eigenvalue weighted by atomic mass is 10.3. The van der Waals surface area contributed by atoms with Crippen LogP contribution in [0.2, 0.25) is 5.02 Å². The van der Waals surface area contributed by atoms with E-state index >= 15 is 0 Å². The van der Waals surface area contributed by atoms with E-state index in [-0.39, 0.29) is 23.3 Å². The Bertz CT molecular complexity index is 631. The van der Waals surface area contributed by atoms with Crippen molar-refractivity contribution < 1.29 is 18.7 Å². The average Bonchev–Trinajstić information content (AvgIpc) is 2.47. The first-order valence-electron chi connectivity index (χ1n) is 6.10. The van der Waals surface area contributed by atoms with E-state index in [9.17, 15) is 9.18 Å². The summed E-state index contributed by atoms with van der Waals surface area (Å²) >= 11 is 5.80. The molecule has 6 heteroatoms. The van der Waals surface area contributed by atoms with Crippen molar-refractivity contribution in [3.63, 3.8) is 0 Å². The molecule has 0 aliphatic heterocycles. The van der Waals surface area contributed by atoms with Crippen LogP contribution in [0, 0.1) is 5.82 Å². The van der Waals surface area contributed by atoms with Gasteiger partial charge in [0.1, 0.15) is 17.3 Å². The fraction of sp³-hybridized carbons (Fsp3) is 0.133. The first-order valence-corrected chi connectivity index (χ1v) is 6.48. The van der Waals surface area contributed by atoms with Gasteiger partial charge in [-0.25, -0.2) is 4.39 Å². The molecule has 0 aromatic heterocycles. The van der Waals surface area contributed by atoms with E-state index in [2.05, 4.69) is 5.32 Å². The summed E-state index contributed by atoms with van der Waals surface area (Å²) in [5, 5.41) is 2.78. The number of halogens is 2. The number of methoxy groups -OCH3 is 1. The summed E-state index contributed by atoms with van der Waals surface area (Å²) in [6.07, 6.45) is 0. The molecule has 1 amide bonds. The second kappa shape index (κ2) is 6.95. The van der Waals surface area contributed by atoms with E-state index in [0.717, 1.165) is 6.07 Å². The summed E-state index contributed by atoms with van der Waals surface area (Å²) in [5.41, 5.74) is 0.620. The third-order valence-electron chi connectivity index (χ3n) is 2.63. The Morgan fingerprint density at radius 3 is 2.57 bits per heavy atom.